The molecule has 2 fully saturated rings. The monoisotopic (exact) mass is 300 g/mol. The van der Waals surface area contributed by atoms with E-state index in [0.717, 1.165) is 30.6 Å². The fraction of sp³-hybridized carbons (Fsp3) is 0.556. The summed E-state index contributed by atoms with van der Waals surface area (Å²) >= 11 is 0. The van der Waals surface area contributed by atoms with Crippen LogP contribution in [0.1, 0.15) is 38.2 Å². The van der Waals surface area contributed by atoms with E-state index in [1.54, 1.807) is 4.90 Å². The number of aryl methyl sites for hydroxylation is 1. The number of carbonyl (C=O) groups is 2. The van der Waals surface area contributed by atoms with E-state index in [9.17, 15) is 9.59 Å². The molecule has 0 saturated carbocycles. The average molecular weight is 300 g/mol. The predicted octanol–water partition coefficient (Wildman–Crippen LogP) is 2.75. The Labute approximate surface area is 132 Å². The van der Waals surface area contributed by atoms with Crippen molar-refractivity contribution in [3.8, 4) is 0 Å². The number of piperidine rings is 1. The third kappa shape index (κ3) is 2.87. The molecule has 118 valence electrons. The average Bonchev–Trinajstić information content (AvgIpc) is 2.89. The number of likely N-dealkylation sites (tertiary alicyclic amines) is 1. The quantitative estimate of drug-likeness (QED) is 0.842. The van der Waals surface area contributed by atoms with Gasteiger partial charge in [-0.05, 0) is 50.8 Å². The molecule has 2 aliphatic heterocycles. The number of anilines is 1. The van der Waals surface area contributed by atoms with Gasteiger partial charge >= 0.3 is 0 Å². The van der Waals surface area contributed by atoms with Crippen molar-refractivity contribution in [2.24, 2.45) is 5.92 Å². The first-order valence-corrected chi connectivity index (χ1v) is 8.24. The Morgan fingerprint density at radius 3 is 2.82 bits per heavy atom. The molecule has 2 atom stereocenters. The number of nitrogens with zero attached hydrogens (tertiary/aromatic N) is 2. The summed E-state index contributed by atoms with van der Waals surface area (Å²) in [5, 5.41) is 0. The molecule has 0 spiro atoms. The van der Waals surface area contributed by atoms with Crippen LogP contribution in [-0.2, 0) is 9.59 Å². The Bertz CT molecular complexity index is 584. The van der Waals surface area contributed by atoms with Crippen LogP contribution in [0, 0.1) is 12.8 Å². The molecular weight excluding hydrogens is 276 g/mol. The fourth-order valence-corrected chi connectivity index (χ4v) is 3.58. The fourth-order valence-electron chi connectivity index (χ4n) is 3.58. The lowest BCUT2D eigenvalue weighted by molar-refractivity contribution is -0.139. The minimum atomic E-state index is -0.187. The maximum atomic E-state index is 12.7. The maximum absolute atomic E-state index is 12.7. The van der Waals surface area contributed by atoms with E-state index in [0.29, 0.717) is 19.0 Å². The third-order valence-electron chi connectivity index (χ3n) is 4.87. The van der Waals surface area contributed by atoms with Crippen molar-refractivity contribution in [3.05, 3.63) is 29.8 Å². The topological polar surface area (TPSA) is 40.6 Å². The molecule has 4 heteroatoms. The Hall–Kier alpha value is -1.84. The van der Waals surface area contributed by atoms with E-state index in [1.165, 1.54) is 6.42 Å². The van der Waals surface area contributed by atoms with Crippen molar-refractivity contribution < 1.29 is 9.59 Å². The smallest absolute Gasteiger partial charge is 0.228 e. The molecule has 1 aromatic carbocycles. The summed E-state index contributed by atoms with van der Waals surface area (Å²) in [5.74, 6) is 0.0397. The number of hydrogen-bond donors (Lipinski definition) is 0. The second-order valence-corrected chi connectivity index (χ2v) is 6.62. The molecular formula is C18H24N2O2. The zero-order chi connectivity index (χ0) is 15.7. The summed E-state index contributed by atoms with van der Waals surface area (Å²) in [6, 6.07) is 8.24. The third-order valence-corrected chi connectivity index (χ3v) is 4.87. The summed E-state index contributed by atoms with van der Waals surface area (Å²) in [6.45, 7) is 5.49. The minimum absolute atomic E-state index is 0.0635. The summed E-state index contributed by atoms with van der Waals surface area (Å²) in [7, 11) is 0. The molecule has 2 heterocycles. The predicted molar refractivity (Wildman–Crippen MR) is 86.7 cm³/mol. The Kier molecular flexibility index (Phi) is 4.19. The van der Waals surface area contributed by atoms with Crippen molar-refractivity contribution in [3.63, 3.8) is 0 Å². The normalized spacial score (nSPS) is 25.6. The zero-order valence-electron chi connectivity index (χ0n) is 13.4. The molecule has 0 aromatic heterocycles. The molecule has 4 nitrogen and oxygen atoms in total. The van der Waals surface area contributed by atoms with Crippen LogP contribution >= 0.6 is 0 Å². The van der Waals surface area contributed by atoms with Crippen molar-refractivity contribution in [2.45, 2.75) is 45.6 Å². The van der Waals surface area contributed by atoms with Gasteiger partial charge in [0.1, 0.15) is 0 Å². The van der Waals surface area contributed by atoms with Gasteiger partial charge in [0, 0.05) is 31.2 Å². The largest absolute Gasteiger partial charge is 0.340 e. The summed E-state index contributed by atoms with van der Waals surface area (Å²) in [6.07, 6.45) is 3.70. The van der Waals surface area contributed by atoms with Crippen LogP contribution in [0.3, 0.4) is 0 Å². The molecule has 2 saturated heterocycles. The summed E-state index contributed by atoms with van der Waals surface area (Å²) in [5.41, 5.74) is 2.04. The molecule has 0 radical (unpaired) electrons. The lowest BCUT2D eigenvalue weighted by Gasteiger charge is -2.35. The molecule has 0 aliphatic carbocycles. The lowest BCUT2D eigenvalue weighted by Crippen LogP contribution is -2.45. The van der Waals surface area contributed by atoms with Crippen LogP contribution in [0.2, 0.25) is 0 Å². The van der Waals surface area contributed by atoms with Gasteiger partial charge in [0.25, 0.3) is 0 Å². The number of carbonyl (C=O) groups excluding carboxylic acids is 2. The lowest BCUT2D eigenvalue weighted by atomic mass is 9.99. The standard InChI is InChI=1S/C18H24N2O2/c1-13-6-5-8-16(10-13)20-12-15(11-17(20)21)18(22)19-9-4-3-7-14(19)2/h5-6,8,10,14-15H,3-4,7,9,11-12H2,1-2H3/t14-,15-/m1/s1. The van der Waals surface area contributed by atoms with E-state index in [2.05, 4.69) is 6.92 Å². The highest BCUT2D eigenvalue weighted by molar-refractivity contribution is 6.00. The van der Waals surface area contributed by atoms with Gasteiger partial charge in [-0.3, -0.25) is 9.59 Å². The van der Waals surface area contributed by atoms with Crippen LogP contribution in [0.4, 0.5) is 5.69 Å². The van der Waals surface area contributed by atoms with Crippen LogP contribution in [0.25, 0.3) is 0 Å². The Morgan fingerprint density at radius 1 is 1.27 bits per heavy atom. The van der Waals surface area contributed by atoms with Crippen LogP contribution in [0.15, 0.2) is 24.3 Å². The Balaban J connectivity index is 1.72. The van der Waals surface area contributed by atoms with Gasteiger partial charge in [0.15, 0.2) is 0 Å². The molecule has 22 heavy (non-hydrogen) atoms. The van der Waals surface area contributed by atoms with Gasteiger partial charge < -0.3 is 9.80 Å². The molecule has 2 amide bonds. The zero-order valence-corrected chi connectivity index (χ0v) is 13.4. The van der Waals surface area contributed by atoms with Crippen molar-refractivity contribution >= 4 is 17.5 Å². The van der Waals surface area contributed by atoms with Gasteiger partial charge in [-0.2, -0.15) is 0 Å². The van der Waals surface area contributed by atoms with Gasteiger partial charge in [0.05, 0.1) is 5.92 Å². The number of benzene rings is 1. The summed E-state index contributed by atoms with van der Waals surface area (Å²) in [4.78, 5) is 28.8. The van der Waals surface area contributed by atoms with Crippen molar-refractivity contribution in [1.29, 1.82) is 0 Å². The highest BCUT2D eigenvalue weighted by atomic mass is 16.2. The molecule has 3 rings (SSSR count). The first-order valence-electron chi connectivity index (χ1n) is 8.24. The maximum Gasteiger partial charge on any atom is 0.228 e. The van der Waals surface area contributed by atoms with E-state index in [-0.39, 0.29) is 17.7 Å². The Morgan fingerprint density at radius 2 is 2.09 bits per heavy atom. The number of rotatable bonds is 2. The first kappa shape index (κ1) is 15.1. The van der Waals surface area contributed by atoms with Gasteiger partial charge in [-0.25, -0.2) is 0 Å². The van der Waals surface area contributed by atoms with Crippen LogP contribution in [-0.4, -0.2) is 35.8 Å². The molecule has 0 bridgehead atoms. The van der Waals surface area contributed by atoms with Crippen LogP contribution in [0.5, 0.6) is 0 Å². The van der Waals surface area contributed by atoms with E-state index < -0.39 is 0 Å². The van der Waals surface area contributed by atoms with Crippen LogP contribution < -0.4 is 4.90 Å². The van der Waals surface area contributed by atoms with E-state index in [1.807, 2.05) is 36.1 Å². The van der Waals surface area contributed by atoms with Crippen molar-refractivity contribution in [1.82, 2.24) is 4.90 Å². The highest BCUT2D eigenvalue weighted by Gasteiger charge is 2.38. The van der Waals surface area contributed by atoms with Gasteiger partial charge in [-0.1, -0.05) is 12.1 Å². The van der Waals surface area contributed by atoms with Gasteiger partial charge in [0.2, 0.25) is 11.8 Å². The SMILES string of the molecule is Cc1cccc(N2C[C@H](C(=O)N3CCCC[C@H]3C)CC2=O)c1. The molecule has 1 aromatic rings. The first-order chi connectivity index (χ1) is 10.6. The highest BCUT2D eigenvalue weighted by Crippen LogP contribution is 2.28. The summed E-state index contributed by atoms with van der Waals surface area (Å²) < 4.78 is 0. The minimum Gasteiger partial charge on any atom is -0.340 e. The number of amides is 2. The van der Waals surface area contributed by atoms with E-state index >= 15 is 0 Å². The second kappa shape index (κ2) is 6.11. The second-order valence-electron chi connectivity index (χ2n) is 6.62. The van der Waals surface area contributed by atoms with Crippen molar-refractivity contribution in [2.75, 3.05) is 18.0 Å². The van der Waals surface area contributed by atoms with Gasteiger partial charge in [-0.15, -0.1) is 0 Å². The number of hydrogen-bond acceptors (Lipinski definition) is 2. The van der Waals surface area contributed by atoms with E-state index in [4.69, 9.17) is 0 Å². The molecule has 0 unspecified atom stereocenters. The molecule has 0 N–H and O–H groups in total. The molecule has 2 aliphatic rings.